The molecule has 0 saturated heterocycles. The first-order valence-electron chi connectivity index (χ1n) is 5.30. The minimum Gasteiger partial charge on any atom is -0.412 e. The topological polar surface area (TPSA) is 115 Å². The van der Waals surface area contributed by atoms with Crippen LogP contribution in [0.15, 0.2) is 0 Å². The van der Waals surface area contributed by atoms with Crippen molar-refractivity contribution in [2.24, 2.45) is 11.5 Å². The number of hydrogen-bond donors (Lipinski definition) is 2. The van der Waals surface area contributed by atoms with Crippen molar-refractivity contribution in [1.29, 1.82) is 0 Å². The third kappa shape index (κ3) is 12.5. The summed E-state index contributed by atoms with van der Waals surface area (Å²) < 4.78 is 0. The molecule has 0 aliphatic heterocycles. The Morgan fingerprint density at radius 1 is 0.562 bits per heavy atom. The van der Waals surface area contributed by atoms with Crippen molar-refractivity contribution < 1.29 is 11.0 Å². The molecule has 1 rings (SSSR count). The maximum Gasteiger partial charge on any atom is 0.00388 e. The number of halogens is 2. The van der Waals surface area contributed by atoms with Gasteiger partial charge < -0.3 is 22.4 Å². The van der Waals surface area contributed by atoms with E-state index in [-0.39, 0.29) is 35.8 Å². The van der Waals surface area contributed by atoms with Gasteiger partial charge in [-0.1, -0.05) is 25.7 Å². The summed E-state index contributed by atoms with van der Waals surface area (Å²) in [4.78, 5) is 0. The van der Waals surface area contributed by atoms with Crippen LogP contribution in [0.4, 0.5) is 0 Å². The number of rotatable bonds is 0. The monoisotopic (exact) mass is 278 g/mol. The highest BCUT2D eigenvalue weighted by Gasteiger charge is 2.08. The predicted molar refractivity (Wildman–Crippen MR) is 74.6 cm³/mol. The van der Waals surface area contributed by atoms with Crippen LogP contribution in [0, 0.1) is 0 Å². The van der Waals surface area contributed by atoms with Crippen molar-refractivity contribution in [3.8, 4) is 0 Å². The number of hydrogen-bond acceptors (Lipinski definition) is 2. The molecule has 0 spiro atoms. The van der Waals surface area contributed by atoms with Crippen LogP contribution in [-0.4, -0.2) is 23.0 Å². The standard InChI is InChI=1S/C10H22N2.2ClH.2H2O/c11-9-5-1-2-6-10(12)8-4-3-7-9;;;;/h9-10H,1-8,11-12H2;2*1H;2*1H2. The molecular formula is C10H28Cl2N2O2. The molecule has 104 valence electrons. The maximum absolute atomic E-state index is 5.93. The second-order valence-electron chi connectivity index (χ2n) is 4.09. The lowest BCUT2D eigenvalue weighted by atomic mass is 9.96. The fourth-order valence-corrected chi connectivity index (χ4v) is 1.91. The van der Waals surface area contributed by atoms with E-state index in [0.717, 1.165) is 0 Å². The zero-order valence-corrected chi connectivity index (χ0v) is 11.4. The van der Waals surface area contributed by atoms with Gasteiger partial charge in [-0.15, -0.1) is 24.8 Å². The van der Waals surface area contributed by atoms with Crippen LogP contribution >= 0.6 is 24.8 Å². The van der Waals surface area contributed by atoms with E-state index in [0.29, 0.717) is 12.1 Å². The van der Waals surface area contributed by atoms with Gasteiger partial charge in [0.2, 0.25) is 0 Å². The minimum absolute atomic E-state index is 0. The van der Waals surface area contributed by atoms with Crippen molar-refractivity contribution in [2.45, 2.75) is 63.5 Å². The Kier molecular flexibility index (Phi) is 24.4. The smallest absolute Gasteiger partial charge is 0.00388 e. The third-order valence-electron chi connectivity index (χ3n) is 2.80. The average molecular weight is 279 g/mol. The van der Waals surface area contributed by atoms with Crippen LogP contribution in [-0.2, 0) is 0 Å². The Bertz CT molecular complexity index is 105. The lowest BCUT2D eigenvalue weighted by Gasteiger charge is -2.16. The van der Waals surface area contributed by atoms with Gasteiger partial charge in [-0.3, -0.25) is 0 Å². The van der Waals surface area contributed by atoms with Gasteiger partial charge >= 0.3 is 0 Å². The summed E-state index contributed by atoms with van der Waals surface area (Å²) in [6, 6.07) is 0.915. The van der Waals surface area contributed by atoms with E-state index < -0.39 is 0 Å². The lowest BCUT2D eigenvalue weighted by molar-refractivity contribution is 0.432. The Labute approximate surface area is 111 Å². The van der Waals surface area contributed by atoms with E-state index in [1.165, 1.54) is 51.4 Å². The molecule has 0 aromatic carbocycles. The summed E-state index contributed by atoms with van der Waals surface area (Å²) >= 11 is 0. The van der Waals surface area contributed by atoms with Gasteiger partial charge in [0.05, 0.1) is 0 Å². The Balaban J connectivity index is -0.000000180. The van der Waals surface area contributed by atoms with Crippen molar-refractivity contribution in [3.63, 3.8) is 0 Å². The second kappa shape index (κ2) is 15.4. The Hall–Kier alpha value is 0.420. The van der Waals surface area contributed by atoms with Gasteiger partial charge in [0.15, 0.2) is 0 Å². The summed E-state index contributed by atoms with van der Waals surface area (Å²) in [5, 5.41) is 0. The Morgan fingerprint density at radius 2 is 0.750 bits per heavy atom. The highest BCUT2D eigenvalue weighted by atomic mass is 35.5. The zero-order chi connectivity index (χ0) is 8.81. The fraction of sp³-hybridized carbons (Fsp3) is 1.00. The predicted octanol–water partition coefficient (Wildman–Crippen LogP) is 0.970. The molecule has 16 heavy (non-hydrogen) atoms. The summed E-state index contributed by atoms with van der Waals surface area (Å²) in [5.41, 5.74) is 11.9. The third-order valence-corrected chi connectivity index (χ3v) is 2.80. The molecule has 4 nitrogen and oxygen atoms in total. The molecule has 8 N–H and O–H groups in total. The molecule has 0 radical (unpaired) electrons. The first-order valence-corrected chi connectivity index (χ1v) is 5.30. The van der Waals surface area contributed by atoms with E-state index in [4.69, 9.17) is 11.5 Å². The largest absolute Gasteiger partial charge is 0.412 e. The van der Waals surface area contributed by atoms with E-state index in [9.17, 15) is 0 Å². The number of nitrogens with two attached hydrogens (primary N) is 2. The minimum atomic E-state index is 0. The van der Waals surface area contributed by atoms with Gasteiger partial charge in [0.25, 0.3) is 0 Å². The maximum atomic E-state index is 5.93. The van der Waals surface area contributed by atoms with E-state index >= 15 is 0 Å². The van der Waals surface area contributed by atoms with Gasteiger partial charge in [-0.2, -0.15) is 0 Å². The van der Waals surface area contributed by atoms with E-state index in [2.05, 4.69) is 0 Å². The van der Waals surface area contributed by atoms with Crippen LogP contribution in [0.1, 0.15) is 51.4 Å². The molecule has 0 bridgehead atoms. The normalized spacial score (nSPS) is 25.9. The molecule has 0 unspecified atom stereocenters. The van der Waals surface area contributed by atoms with E-state index in [1.54, 1.807) is 0 Å². The van der Waals surface area contributed by atoms with Gasteiger partial charge in [-0.25, -0.2) is 0 Å². The molecule has 1 saturated carbocycles. The highest BCUT2D eigenvalue weighted by molar-refractivity contribution is 5.85. The molecule has 0 amide bonds. The summed E-state index contributed by atoms with van der Waals surface area (Å²) in [5.74, 6) is 0. The highest BCUT2D eigenvalue weighted by Crippen LogP contribution is 2.15. The molecule has 1 aliphatic rings. The van der Waals surface area contributed by atoms with Crippen molar-refractivity contribution in [1.82, 2.24) is 0 Å². The van der Waals surface area contributed by atoms with Gasteiger partial charge in [0, 0.05) is 12.1 Å². The SMILES string of the molecule is Cl.Cl.NC1CCCCC(N)CCCC1.O.O. The summed E-state index contributed by atoms with van der Waals surface area (Å²) in [6.07, 6.45) is 9.90. The molecule has 1 fully saturated rings. The average Bonchev–Trinajstić information content (AvgIpc) is 2.06. The Morgan fingerprint density at radius 3 is 0.938 bits per heavy atom. The van der Waals surface area contributed by atoms with Crippen LogP contribution in [0.2, 0.25) is 0 Å². The molecule has 6 heteroatoms. The summed E-state index contributed by atoms with van der Waals surface area (Å²) in [6.45, 7) is 0. The molecule has 0 atom stereocenters. The molecule has 1 aliphatic carbocycles. The first-order chi connectivity index (χ1) is 5.79. The molecular weight excluding hydrogens is 251 g/mol. The lowest BCUT2D eigenvalue weighted by Crippen LogP contribution is -2.23. The molecule has 0 aromatic rings. The van der Waals surface area contributed by atoms with Gasteiger partial charge in [0.1, 0.15) is 0 Å². The zero-order valence-electron chi connectivity index (χ0n) is 9.78. The summed E-state index contributed by atoms with van der Waals surface area (Å²) in [7, 11) is 0. The first kappa shape index (κ1) is 25.3. The molecule has 0 heterocycles. The van der Waals surface area contributed by atoms with Crippen molar-refractivity contribution in [2.75, 3.05) is 0 Å². The van der Waals surface area contributed by atoms with Crippen molar-refractivity contribution >= 4 is 24.8 Å². The molecule has 0 aromatic heterocycles. The van der Waals surface area contributed by atoms with Crippen LogP contribution < -0.4 is 11.5 Å². The van der Waals surface area contributed by atoms with Crippen LogP contribution in [0.5, 0.6) is 0 Å². The second-order valence-corrected chi connectivity index (χ2v) is 4.09. The van der Waals surface area contributed by atoms with Crippen LogP contribution in [0.25, 0.3) is 0 Å². The van der Waals surface area contributed by atoms with Crippen molar-refractivity contribution in [3.05, 3.63) is 0 Å². The quantitative estimate of drug-likeness (QED) is 0.687. The van der Waals surface area contributed by atoms with Gasteiger partial charge in [-0.05, 0) is 25.7 Å². The van der Waals surface area contributed by atoms with E-state index in [1.807, 2.05) is 0 Å². The fourth-order valence-electron chi connectivity index (χ4n) is 1.91. The van der Waals surface area contributed by atoms with Crippen LogP contribution in [0.3, 0.4) is 0 Å².